The Hall–Kier alpha value is -3.56. The van der Waals surface area contributed by atoms with Crippen LogP contribution in [0, 0.1) is 0 Å². The molecule has 3 aromatic rings. The molecule has 7 rings (SSSR count). The molecule has 2 aromatic carbocycles. The van der Waals surface area contributed by atoms with E-state index in [0.29, 0.717) is 17.5 Å². The van der Waals surface area contributed by atoms with E-state index in [1.54, 1.807) is 26.1 Å². The van der Waals surface area contributed by atoms with E-state index in [2.05, 4.69) is 20.9 Å². The second-order valence-electron chi connectivity index (χ2n) is 12.9. The number of fused-ring (bicyclic) bond motifs is 1. The van der Waals surface area contributed by atoms with Crippen molar-refractivity contribution >= 4 is 52.0 Å². The number of carbonyl (C=O) groups excluding carboxylic acids is 4. The number of rotatable bonds is 7. The van der Waals surface area contributed by atoms with Crippen LogP contribution < -0.4 is 60.9 Å². The third-order valence-electron chi connectivity index (χ3n) is 9.57. The van der Waals surface area contributed by atoms with E-state index < -0.39 is 57.4 Å². The molecule has 5 heterocycles. The van der Waals surface area contributed by atoms with Gasteiger partial charge in [0.1, 0.15) is 28.8 Å². The molecule has 48 heavy (non-hydrogen) atoms. The number of carboxylic acid groups (broad SMARTS) is 1. The van der Waals surface area contributed by atoms with Gasteiger partial charge in [-0.3, -0.25) is 19.2 Å². The summed E-state index contributed by atoms with van der Waals surface area (Å²) in [7, 11) is 0. The predicted molar refractivity (Wildman–Crippen MR) is 173 cm³/mol. The van der Waals surface area contributed by atoms with Crippen molar-refractivity contribution in [1.29, 1.82) is 0 Å². The number of aliphatic carboxylic acids is 1. The fourth-order valence-electron chi connectivity index (χ4n) is 7.31. The number of carboxylic acids is 1. The number of anilines is 1. The molecule has 246 valence electrons. The van der Waals surface area contributed by atoms with Gasteiger partial charge in [-0.2, -0.15) is 0 Å². The van der Waals surface area contributed by atoms with Gasteiger partial charge in [0.15, 0.2) is 0 Å². The molecule has 3 saturated heterocycles. The first-order valence-electron chi connectivity index (χ1n) is 15.7. The van der Waals surface area contributed by atoms with Gasteiger partial charge < -0.3 is 45.3 Å². The summed E-state index contributed by atoms with van der Waals surface area (Å²) in [6.45, 7) is 7.51. The number of β-lactam (4-membered cyclic amide) rings is 1. The van der Waals surface area contributed by atoms with Crippen LogP contribution in [0.3, 0.4) is 0 Å². The van der Waals surface area contributed by atoms with Crippen molar-refractivity contribution in [2.75, 3.05) is 31.1 Å². The third kappa shape index (κ3) is 5.76. The van der Waals surface area contributed by atoms with Gasteiger partial charge in [0, 0.05) is 54.7 Å². The van der Waals surface area contributed by atoms with Crippen molar-refractivity contribution in [1.82, 2.24) is 25.4 Å². The molecule has 0 aliphatic carbocycles. The molecule has 1 aromatic heterocycles. The van der Waals surface area contributed by atoms with E-state index in [0.717, 1.165) is 55.8 Å². The van der Waals surface area contributed by atoms with Gasteiger partial charge in [-0.15, -0.1) is 11.8 Å². The van der Waals surface area contributed by atoms with Gasteiger partial charge in [0.2, 0.25) is 17.2 Å². The summed E-state index contributed by atoms with van der Waals surface area (Å²) in [5.74, 6) is -3.46. The number of carbonyl (C=O) groups is 4. The number of piperazine rings is 1. The van der Waals surface area contributed by atoms with Crippen molar-refractivity contribution in [3.8, 4) is 5.75 Å². The average Bonchev–Trinajstić information content (AvgIpc) is 3.32. The number of amides is 3. The topological polar surface area (TPSA) is 176 Å². The number of nitrogens with one attached hydrogen (secondary N) is 3. The zero-order valence-electron chi connectivity index (χ0n) is 26.9. The number of thioether (sulfide) groups is 1. The number of pyridine rings is 1. The van der Waals surface area contributed by atoms with Crippen molar-refractivity contribution in [3.05, 3.63) is 69.5 Å². The SMILES string of the molecule is CC1(C)SC2C(NC(=O)C(NC(=O)c3cn4c5c(c(N6CCNCC6)ccc5c3=O)CCC4)c3ccc(O)cc3)C(=O)N2C1C(=O)[O-].[Na+]. The maximum absolute atomic E-state index is 13.8. The standard InChI is InChI=1S/C33H36N6O7S.Na/c1-33(2)27(32(45)46)39-30(44)24(31(39)47-33)36-29(43)23(17-5-7-18(40)8-6-17)35-28(42)21-16-38-13-3-4-19-22(37-14-11-34-12-15-37)10-9-20(25(19)38)26(21)41;/h5-10,16,23-24,27,31,34,40H,3-4,11-15H2,1-2H3,(H,35,42)(H,36,43)(H,45,46);/q;+1/p-1. The van der Waals surface area contributed by atoms with Crippen LogP contribution >= 0.6 is 11.8 Å². The minimum atomic E-state index is -1.37. The second-order valence-corrected chi connectivity index (χ2v) is 14.7. The summed E-state index contributed by atoms with van der Waals surface area (Å²) >= 11 is 1.25. The van der Waals surface area contributed by atoms with Crippen molar-refractivity contribution in [2.24, 2.45) is 0 Å². The fraction of sp³-hybridized carbons (Fsp3) is 0.424. The Labute approximate surface area is 302 Å². The Balaban J connectivity index is 0.00000401. The van der Waals surface area contributed by atoms with Crippen LogP contribution in [0.25, 0.3) is 10.9 Å². The zero-order valence-corrected chi connectivity index (χ0v) is 29.8. The number of aromatic nitrogens is 1. The van der Waals surface area contributed by atoms with E-state index in [4.69, 9.17) is 0 Å². The first-order valence-corrected chi connectivity index (χ1v) is 16.6. The summed E-state index contributed by atoms with van der Waals surface area (Å²) in [5, 5.41) is 30.2. The van der Waals surface area contributed by atoms with E-state index in [1.807, 2.05) is 10.6 Å². The van der Waals surface area contributed by atoms with Crippen molar-refractivity contribution in [3.63, 3.8) is 0 Å². The van der Waals surface area contributed by atoms with Gasteiger partial charge in [-0.25, -0.2) is 0 Å². The normalized spacial score (nSPS) is 23.0. The molecule has 4 aliphatic heterocycles. The summed E-state index contributed by atoms with van der Waals surface area (Å²) in [4.78, 5) is 69.9. The Morgan fingerprint density at radius 2 is 1.77 bits per heavy atom. The maximum atomic E-state index is 13.8. The molecule has 3 amide bonds. The molecule has 15 heteroatoms. The van der Waals surface area contributed by atoms with Gasteiger partial charge in [0.05, 0.1) is 17.5 Å². The minimum Gasteiger partial charge on any atom is -0.548 e. The van der Waals surface area contributed by atoms with Crippen LogP contribution in [0.4, 0.5) is 5.69 Å². The van der Waals surface area contributed by atoms with Crippen molar-refractivity contribution < 1.29 is 58.9 Å². The number of benzene rings is 2. The fourth-order valence-corrected chi connectivity index (χ4v) is 8.93. The van der Waals surface area contributed by atoms with E-state index in [1.165, 1.54) is 40.9 Å². The Morgan fingerprint density at radius 1 is 1.06 bits per heavy atom. The van der Waals surface area contributed by atoms with E-state index in [-0.39, 0.29) is 40.9 Å². The smallest absolute Gasteiger partial charge is 0.548 e. The van der Waals surface area contributed by atoms with Crippen LogP contribution in [0.2, 0.25) is 0 Å². The first kappa shape index (κ1) is 34.3. The predicted octanol–water partition coefficient (Wildman–Crippen LogP) is -3.16. The van der Waals surface area contributed by atoms with Gasteiger partial charge >= 0.3 is 29.6 Å². The van der Waals surface area contributed by atoms with Crippen LogP contribution in [0.1, 0.15) is 47.8 Å². The molecule has 4 aliphatic rings. The summed E-state index contributed by atoms with van der Waals surface area (Å²) < 4.78 is 1.10. The molecule has 0 radical (unpaired) electrons. The number of aryl methyl sites for hydroxylation is 2. The van der Waals surface area contributed by atoms with E-state index >= 15 is 0 Å². The monoisotopic (exact) mass is 682 g/mol. The number of aromatic hydroxyl groups is 1. The van der Waals surface area contributed by atoms with Crippen LogP contribution in [-0.2, 0) is 27.3 Å². The van der Waals surface area contributed by atoms with Gasteiger partial charge in [0.25, 0.3) is 5.91 Å². The van der Waals surface area contributed by atoms with E-state index in [9.17, 15) is 34.2 Å². The number of hydrogen-bond acceptors (Lipinski definition) is 10. The van der Waals surface area contributed by atoms with Crippen LogP contribution in [0.15, 0.2) is 47.4 Å². The molecule has 0 saturated carbocycles. The molecular formula is C33H35N6NaO7S. The maximum Gasteiger partial charge on any atom is 1.00 e. The second kappa shape index (κ2) is 13.0. The third-order valence-corrected chi connectivity index (χ3v) is 11.1. The number of hydrogen-bond donors (Lipinski definition) is 4. The molecular weight excluding hydrogens is 647 g/mol. The number of nitrogens with zero attached hydrogens (tertiary/aromatic N) is 3. The minimum absolute atomic E-state index is 0. The molecule has 3 fully saturated rings. The molecule has 4 N–H and O–H groups in total. The molecule has 0 bridgehead atoms. The van der Waals surface area contributed by atoms with Crippen LogP contribution in [-0.4, -0.2) is 86.6 Å². The molecule has 13 nitrogen and oxygen atoms in total. The largest absolute Gasteiger partial charge is 1.00 e. The van der Waals surface area contributed by atoms with Crippen LogP contribution in [0.5, 0.6) is 5.75 Å². The number of phenols is 1. The Kier molecular flexibility index (Phi) is 9.33. The molecule has 0 spiro atoms. The summed E-state index contributed by atoms with van der Waals surface area (Å²) in [6.07, 6.45) is 3.22. The summed E-state index contributed by atoms with van der Waals surface area (Å²) in [6, 6.07) is 5.90. The van der Waals surface area contributed by atoms with Gasteiger partial charge in [-0.1, -0.05) is 12.1 Å². The quantitative estimate of drug-likeness (QED) is 0.147. The van der Waals surface area contributed by atoms with Crippen molar-refractivity contribution in [2.45, 2.75) is 61.5 Å². The summed E-state index contributed by atoms with van der Waals surface area (Å²) in [5.41, 5.74) is 2.76. The molecule has 4 unspecified atom stereocenters. The zero-order chi connectivity index (χ0) is 33.2. The average molecular weight is 683 g/mol. The first-order chi connectivity index (χ1) is 22.5. The molecule has 4 atom stereocenters. The van der Waals surface area contributed by atoms with Gasteiger partial charge in [-0.05, 0) is 62.1 Å². The number of phenolic OH excluding ortho intramolecular Hbond substituents is 1. The Morgan fingerprint density at radius 3 is 2.46 bits per heavy atom. The Bertz CT molecular complexity index is 1880.